The van der Waals surface area contributed by atoms with Gasteiger partial charge in [0.2, 0.25) is 0 Å². The van der Waals surface area contributed by atoms with E-state index in [1.807, 2.05) is 0 Å². The van der Waals surface area contributed by atoms with Crippen LogP contribution < -0.4 is 0 Å². The summed E-state index contributed by atoms with van der Waals surface area (Å²) in [6.07, 6.45) is 23.2. The molecule has 4 aliphatic rings. The van der Waals surface area contributed by atoms with Crippen molar-refractivity contribution in [1.82, 2.24) is 0 Å². The van der Waals surface area contributed by atoms with Gasteiger partial charge in [0.1, 0.15) is 6.10 Å². The third-order valence-electron chi connectivity index (χ3n) is 8.48. The van der Waals surface area contributed by atoms with Crippen LogP contribution in [0.4, 0.5) is 0 Å². The summed E-state index contributed by atoms with van der Waals surface area (Å²) in [6.45, 7) is 0. The van der Waals surface area contributed by atoms with Crippen molar-refractivity contribution in [2.45, 2.75) is 122 Å². The maximum atomic E-state index is 12.5. The number of carbonyl (C=O) groups excluding carboxylic acids is 1. The quantitative estimate of drug-likeness (QED) is 0.376. The molecule has 0 aromatic carbocycles. The first-order chi connectivity index (χ1) is 14.3. The lowest BCUT2D eigenvalue weighted by Gasteiger charge is -2.34. The molecule has 4 saturated carbocycles. The summed E-state index contributed by atoms with van der Waals surface area (Å²) >= 11 is 0. The molecule has 2 nitrogen and oxygen atoms in total. The molecule has 0 spiro atoms. The van der Waals surface area contributed by atoms with E-state index in [2.05, 4.69) is 11.8 Å². The molecule has 0 saturated heterocycles. The van der Waals surface area contributed by atoms with E-state index in [9.17, 15) is 4.79 Å². The normalized spacial score (nSPS) is 34.8. The Morgan fingerprint density at radius 1 is 0.552 bits per heavy atom. The molecule has 162 valence electrons. The van der Waals surface area contributed by atoms with Gasteiger partial charge in [-0.2, -0.15) is 0 Å². The van der Waals surface area contributed by atoms with Crippen molar-refractivity contribution in [1.29, 1.82) is 0 Å². The second-order valence-corrected chi connectivity index (χ2v) is 10.5. The molecule has 4 fully saturated rings. The topological polar surface area (TPSA) is 26.3 Å². The molecule has 29 heavy (non-hydrogen) atoms. The smallest absolute Gasteiger partial charge is 0.309 e. The Bertz CT molecular complexity index is 557. The largest absolute Gasteiger partial charge is 0.462 e. The van der Waals surface area contributed by atoms with E-state index in [1.54, 1.807) is 0 Å². The first-order valence-electron chi connectivity index (χ1n) is 13.0. The Labute approximate surface area is 178 Å². The highest BCUT2D eigenvalue weighted by atomic mass is 16.5. The van der Waals surface area contributed by atoms with Crippen LogP contribution in [-0.2, 0) is 9.53 Å². The molecule has 0 N–H and O–H groups in total. The minimum atomic E-state index is 0.0874. The number of hydrogen-bond acceptors (Lipinski definition) is 2. The van der Waals surface area contributed by atoms with E-state index in [1.165, 1.54) is 77.0 Å². The first kappa shape index (κ1) is 21.3. The molecule has 0 aliphatic heterocycles. The number of esters is 1. The van der Waals surface area contributed by atoms with E-state index >= 15 is 0 Å². The van der Waals surface area contributed by atoms with Crippen molar-refractivity contribution in [3.05, 3.63) is 0 Å². The second-order valence-electron chi connectivity index (χ2n) is 10.5. The summed E-state index contributed by atoms with van der Waals surface area (Å²) in [5, 5.41) is 0. The van der Waals surface area contributed by atoms with Gasteiger partial charge in [0.15, 0.2) is 0 Å². The molecule has 0 amide bonds. The van der Waals surface area contributed by atoms with Crippen LogP contribution in [0.25, 0.3) is 0 Å². The van der Waals surface area contributed by atoms with Crippen LogP contribution >= 0.6 is 0 Å². The molecular weight excluding hydrogens is 356 g/mol. The van der Waals surface area contributed by atoms with E-state index in [-0.39, 0.29) is 18.0 Å². The standard InChI is InChI=1S/C27H42O2/c28-27(29-26-9-5-2-6-10-26)25-19-15-22(16-20-25)12-11-21-13-17-24(18-14-21)23-7-3-1-4-8-23/h21-26H,1-10,13-20H2. The molecule has 0 bridgehead atoms. The average Bonchev–Trinajstić information content (AvgIpc) is 2.80. The fourth-order valence-electron chi connectivity index (χ4n) is 6.49. The molecule has 0 radical (unpaired) electrons. The van der Waals surface area contributed by atoms with E-state index in [4.69, 9.17) is 4.74 Å². The maximum absolute atomic E-state index is 12.5. The summed E-state index contributed by atoms with van der Waals surface area (Å²) in [4.78, 5) is 12.5. The van der Waals surface area contributed by atoms with Gasteiger partial charge in [-0.1, -0.05) is 50.4 Å². The third-order valence-corrected chi connectivity index (χ3v) is 8.48. The summed E-state index contributed by atoms with van der Waals surface area (Å²) in [6, 6.07) is 0. The maximum Gasteiger partial charge on any atom is 0.309 e. The summed E-state index contributed by atoms with van der Waals surface area (Å²) in [5.74, 6) is 10.7. The monoisotopic (exact) mass is 398 g/mol. The van der Waals surface area contributed by atoms with Gasteiger partial charge in [-0.15, -0.1) is 0 Å². The summed E-state index contributed by atoms with van der Waals surface area (Å²) < 4.78 is 5.81. The van der Waals surface area contributed by atoms with Crippen molar-refractivity contribution in [2.75, 3.05) is 0 Å². The molecule has 4 aliphatic carbocycles. The van der Waals surface area contributed by atoms with Gasteiger partial charge in [0.05, 0.1) is 5.92 Å². The zero-order valence-electron chi connectivity index (χ0n) is 18.5. The first-order valence-corrected chi connectivity index (χ1v) is 13.0. The minimum absolute atomic E-state index is 0.0874. The van der Waals surface area contributed by atoms with Gasteiger partial charge in [-0.05, 0) is 88.9 Å². The van der Waals surface area contributed by atoms with Gasteiger partial charge in [0, 0.05) is 11.8 Å². The van der Waals surface area contributed by atoms with Gasteiger partial charge >= 0.3 is 5.97 Å². The van der Waals surface area contributed by atoms with Crippen molar-refractivity contribution >= 4 is 5.97 Å². The molecule has 0 heterocycles. The van der Waals surface area contributed by atoms with Crippen molar-refractivity contribution in [3.8, 4) is 11.8 Å². The van der Waals surface area contributed by atoms with Gasteiger partial charge in [0.25, 0.3) is 0 Å². The Kier molecular flexibility index (Phi) is 7.98. The second kappa shape index (κ2) is 10.9. The third kappa shape index (κ3) is 6.26. The Morgan fingerprint density at radius 3 is 1.62 bits per heavy atom. The number of hydrogen-bond donors (Lipinski definition) is 0. The van der Waals surface area contributed by atoms with Crippen LogP contribution in [0.3, 0.4) is 0 Å². The molecule has 0 unspecified atom stereocenters. The van der Waals surface area contributed by atoms with Crippen LogP contribution in [0.15, 0.2) is 0 Å². The van der Waals surface area contributed by atoms with Crippen molar-refractivity contribution in [3.63, 3.8) is 0 Å². The predicted molar refractivity (Wildman–Crippen MR) is 118 cm³/mol. The lowest BCUT2D eigenvalue weighted by atomic mass is 9.71. The number of carbonyl (C=O) groups is 1. The van der Waals surface area contributed by atoms with E-state index in [0.29, 0.717) is 11.8 Å². The Balaban J connectivity index is 1.15. The summed E-state index contributed by atoms with van der Waals surface area (Å²) in [7, 11) is 0. The van der Waals surface area contributed by atoms with Crippen LogP contribution in [0.2, 0.25) is 0 Å². The molecule has 0 aromatic rings. The van der Waals surface area contributed by atoms with E-state index < -0.39 is 0 Å². The Hall–Kier alpha value is -0.970. The molecule has 0 aromatic heterocycles. The van der Waals surface area contributed by atoms with E-state index in [0.717, 1.165) is 50.4 Å². The zero-order chi connectivity index (χ0) is 19.9. The van der Waals surface area contributed by atoms with Gasteiger partial charge < -0.3 is 4.74 Å². The zero-order valence-corrected chi connectivity index (χ0v) is 18.5. The molecule has 2 heteroatoms. The molecule has 4 rings (SSSR count). The molecule has 0 atom stereocenters. The highest BCUT2D eigenvalue weighted by Gasteiger charge is 2.30. The van der Waals surface area contributed by atoms with Gasteiger partial charge in [-0.25, -0.2) is 0 Å². The van der Waals surface area contributed by atoms with Crippen LogP contribution in [0.5, 0.6) is 0 Å². The number of ether oxygens (including phenoxy) is 1. The fourth-order valence-corrected chi connectivity index (χ4v) is 6.49. The van der Waals surface area contributed by atoms with Crippen LogP contribution in [-0.4, -0.2) is 12.1 Å². The highest BCUT2D eigenvalue weighted by molar-refractivity contribution is 5.72. The SMILES string of the molecule is O=C(OC1CCCCC1)C1CCC(C#CC2CCC(C3CCCCC3)CC2)CC1. The highest BCUT2D eigenvalue weighted by Crippen LogP contribution is 2.40. The lowest BCUT2D eigenvalue weighted by Crippen LogP contribution is -2.28. The average molecular weight is 399 g/mol. The predicted octanol–water partition coefficient (Wildman–Crippen LogP) is 7.06. The minimum Gasteiger partial charge on any atom is -0.462 e. The van der Waals surface area contributed by atoms with Crippen molar-refractivity contribution < 1.29 is 9.53 Å². The van der Waals surface area contributed by atoms with Gasteiger partial charge in [-0.3, -0.25) is 4.79 Å². The van der Waals surface area contributed by atoms with Crippen molar-refractivity contribution in [2.24, 2.45) is 29.6 Å². The Morgan fingerprint density at radius 2 is 1.03 bits per heavy atom. The number of rotatable bonds is 3. The molecular formula is C27H42O2. The van der Waals surface area contributed by atoms with Crippen LogP contribution in [0, 0.1) is 41.4 Å². The lowest BCUT2D eigenvalue weighted by molar-refractivity contribution is -0.156. The fraction of sp³-hybridized carbons (Fsp3) is 0.889. The van der Waals surface area contributed by atoms with Crippen LogP contribution in [0.1, 0.15) is 116 Å². The summed E-state index contributed by atoms with van der Waals surface area (Å²) in [5.41, 5.74) is 0.